The minimum Gasteiger partial charge on any atom is -0.0985 e. The van der Waals surface area contributed by atoms with E-state index in [1.165, 1.54) is 5.56 Å². The molecule has 0 aliphatic heterocycles. The summed E-state index contributed by atoms with van der Waals surface area (Å²) in [5.74, 6) is 0. The van der Waals surface area contributed by atoms with Gasteiger partial charge in [0.15, 0.2) is 0 Å². The first kappa shape index (κ1) is 8.48. The monoisotopic (exact) mass is 184 g/mol. The molecule has 46 valence electrons. The molecule has 0 bridgehead atoms. The summed E-state index contributed by atoms with van der Waals surface area (Å²) in [6, 6.07) is 10.0. The molecule has 9 heavy (non-hydrogen) atoms. The molecule has 1 heteroatoms. The molecule has 1 rings (SSSR count). The molecule has 0 fully saturated rings. The summed E-state index contributed by atoms with van der Waals surface area (Å²) in [4.78, 5) is 0. The van der Waals surface area contributed by atoms with Gasteiger partial charge in [0, 0.05) is 17.1 Å². The van der Waals surface area contributed by atoms with Crippen molar-refractivity contribution in [2.24, 2.45) is 0 Å². The van der Waals surface area contributed by atoms with Crippen LogP contribution in [0.2, 0.25) is 0 Å². The van der Waals surface area contributed by atoms with Crippen molar-refractivity contribution >= 4 is 23.1 Å². The Morgan fingerprint density at radius 2 is 1.67 bits per heavy atom. The molecule has 0 aliphatic rings. The van der Waals surface area contributed by atoms with Crippen LogP contribution >= 0.6 is 0 Å². The molecule has 0 saturated carbocycles. The van der Waals surface area contributed by atoms with E-state index in [2.05, 4.69) is 6.58 Å². The average molecular weight is 183 g/mol. The van der Waals surface area contributed by atoms with Crippen LogP contribution in [0.5, 0.6) is 0 Å². The van der Waals surface area contributed by atoms with Crippen LogP contribution in [-0.2, 0) is 0 Å². The van der Waals surface area contributed by atoms with E-state index in [0.29, 0.717) is 0 Å². The predicted octanol–water partition coefficient (Wildman–Crippen LogP) is 1.95. The van der Waals surface area contributed by atoms with Crippen molar-refractivity contribution in [1.82, 2.24) is 0 Å². The van der Waals surface area contributed by atoms with Crippen molar-refractivity contribution in [3.8, 4) is 0 Å². The van der Waals surface area contributed by atoms with E-state index < -0.39 is 0 Å². The van der Waals surface area contributed by atoms with E-state index in [4.69, 9.17) is 0 Å². The van der Waals surface area contributed by atoms with Gasteiger partial charge in [0.1, 0.15) is 0 Å². The fourth-order valence-electron chi connectivity index (χ4n) is 0.589. The largest absolute Gasteiger partial charge is 0.0985 e. The minimum atomic E-state index is 0. The normalized spacial score (nSPS) is 7.56. The van der Waals surface area contributed by atoms with Gasteiger partial charge in [-0.15, -0.1) is 0 Å². The van der Waals surface area contributed by atoms with Crippen molar-refractivity contribution in [3.63, 3.8) is 0 Å². The Labute approximate surface area is 66.1 Å². The third-order valence-corrected chi connectivity index (χ3v) is 1.04. The van der Waals surface area contributed by atoms with Crippen molar-refractivity contribution in [3.05, 3.63) is 42.5 Å². The van der Waals surface area contributed by atoms with E-state index in [-0.39, 0.29) is 17.1 Å². The third kappa shape index (κ3) is 2.50. The Bertz CT molecular complexity index is 167. The number of benzene rings is 1. The van der Waals surface area contributed by atoms with Gasteiger partial charge >= 0.3 is 0 Å². The van der Waals surface area contributed by atoms with Crippen molar-refractivity contribution in [2.45, 2.75) is 0 Å². The molecule has 0 spiro atoms. The standard InChI is InChI=1S/C8H8.Se/c1-2-8-6-4-3-5-7-8;/h2-7H,1H2;. The summed E-state index contributed by atoms with van der Waals surface area (Å²) < 4.78 is 0. The number of hydrogen-bond acceptors (Lipinski definition) is 0. The van der Waals surface area contributed by atoms with Crippen LogP contribution < -0.4 is 0 Å². The first-order valence-corrected chi connectivity index (χ1v) is 2.61. The zero-order valence-corrected chi connectivity index (χ0v) is 6.79. The Balaban J connectivity index is 0.000000640. The van der Waals surface area contributed by atoms with Gasteiger partial charge in [0.25, 0.3) is 0 Å². The van der Waals surface area contributed by atoms with Gasteiger partial charge in [-0.1, -0.05) is 43.0 Å². The molecule has 0 aliphatic carbocycles. The van der Waals surface area contributed by atoms with Crippen LogP contribution in [0, 0.1) is 0 Å². The average Bonchev–Trinajstić information content (AvgIpc) is 1.90. The Morgan fingerprint density at radius 1 is 1.11 bits per heavy atom. The smallest absolute Gasteiger partial charge is 0 e. The van der Waals surface area contributed by atoms with Crippen LogP contribution in [0.1, 0.15) is 5.56 Å². The molecule has 0 aromatic heterocycles. The first-order valence-electron chi connectivity index (χ1n) is 2.61. The Kier molecular flexibility index (Phi) is 4.11. The van der Waals surface area contributed by atoms with Gasteiger partial charge in [-0.05, 0) is 5.56 Å². The summed E-state index contributed by atoms with van der Waals surface area (Å²) in [5, 5.41) is 0. The maximum absolute atomic E-state index is 3.63. The van der Waals surface area contributed by atoms with E-state index in [1.54, 1.807) is 0 Å². The second kappa shape index (κ2) is 4.37. The fraction of sp³-hybridized carbons (Fsp3) is 0. The van der Waals surface area contributed by atoms with Gasteiger partial charge in [0.2, 0.25) is 0 Å². The molecule has 1 aromatic rings. The van der Waals surface area contributed by atoms with Crippen LogP contribution in [0.25, 0.3) is 6.08 Å². The zero-order chi connectivity index (χ0) is 5.82. The molecule has 0 saturated heterocycles. The Morgan fingerprint density at radius 3 is 2.00 bits per heavy atom. The SMILES string of the molecule is C=Cc1ccccc1.[Se]. The maximum atomic E-state index is 3.63. The minimum absolute atomic E-state index is 0. The summed E-state index contributed by atoms with van der Waals surface area (Å²) in [6.07, 6.45) is 1.83. The Hall–Kier alpha value is -0.521. The van der Waals surface area contributed by atoms with Crippen molar-refractivity contribution < 1.29 is 0 Å². The number of rotatable bonds is 1. The molecule has 0 amide bonds. The van der Waals surface area contributed by atoms with Gasteiger partial charge in [-0.25, -0.2) is 0 Å². The van der Waals surface area contributed by atoms with Gasteiger partial charge in [0.05, 0.1) is 0 Å². The first-order chi connectivity index (χ1) is 3.93. The number of hydrogen-bond donors (Lipinski definition) is 0. The molecular weight excluding hydrogens is 175 g/mol. The van der Waals surface area contributed by atoms with Crippen molar-refractivity contribution in [1.29, 1.82) is 0 Å². The van der Waals surface area contributed by atoms with Gasteiger partial charge < -0.3 is 0 Å². The van der Waals surface area contributed by atoms with Gasteiger partial charge in [-0.3, -0.25) is 0 Å². The molecule has 0 nitrogen and oxygen atoms in total. The summed E-state index contributed by atoms with van der Waals surface area (Å²) in [5.41, 5.74) is 1.17. The third-order valence-electron chi connectivity index (χ3n) is 1.04. The van der Waals surface area contributed by atoms with Crippen LogP contribution in [0.3, 0.4) is 0 Å². The molecule has 1 aromatic carbocycles. The molecular formula is C8H8Se. The second-order valence-corrected chi connectivity index (χ2v) is 1.61. The topological polar surface area (TPSA) is 0 Å². The predicted molar refractivity (Wildman–Crippen MR) is 42.3 cm³/mol. The van der Waals surface area contributed by atoms with E-state index in [0.717, 1.165) is 0 Å². The maximum Gasteiger partial charge on any atom is 0 e. The molecule has 0 atom stereocenters. The van der Waals surface area contributed by atoms with E-state index in [1.807, 2.05) is 36.4 Å². The van der Waals surface area contributed by atoms with Crippen LogP contribution in [-0.4, -0.2) is 17.1 Å². The second-order valence-electron chi connectivity index (χ2n) is 1.61. The summed E-state index contributed by atoms with van der Waals surface area (Å²) in [6.45, 7) is 3.63. The van der Waals surface area contributed by atoms with Crippen molar-refractivity contribution in [2.75, 3.05) is 0 Å². The fourth-order valence-corrected chi connectivity index (χ4v) is 0.589. The van der Waals surface area contributed by atoms with Gasteiger partial charge in [-0.2, -0.15) is 0 Å². The van der Waals surface area contributed by atoms with E-state index >= 15 is 0 Å². The molecule has 0 heterocycles. The quantitative estimate of drug-likeness (QED) is 0.584. The van der Waals surface area contributed by atoms with E-state index in [9.17, 15) is 0 Å². The van der Waals surface area contributed by atoms with Crippen LogP contribution in [0.4, 0.5) is 0 Å². The molecule has 0 N–H and O–H groups in total. The zero-order valence-electron chi connectivity index (χ0n) is 5.08. The summed E-state index contributed by atoms with van der Waals surface area (Å²) >= 11 is 0. The summed E-state index contributed by atoms with van der Waals surface area (Å²) in [7, 11) is 0. The van der Waals surface area contributed by atoms with Crippen LogP contribution in [0.15, 0.2) is 36.9 Å². The molecule has 2 radical (unpaired) electrons. The molecule has 0 unspecified atom stereocenters.